The van der Waals surface area contributed by atoms with Gasteiger partial charge in [0, 0.05) is 25.6 Å². The Morgan fingerprint density at radius 1 is 1.55 bits per heavy atom. The summed E-state index contributed by atoms with van der Waals surface area (Å²) < 4.78 is 5.30. The Morgan fingerprint density at radius 2 is 2.30 bits per heavy atom. The zero-order valence-corrected chi connectivity index (χ0v) is 12.3. The summed E-state index contributed by atoms with van der Waals surface area (Å²) in [6, 6.07) is 0.372. The third-order valence-electron chi connectivity index (χ3n) is 3.02. The molecule has 1 aromatic rings. The minimum Gasteiger partial charge on any atom is -0.444 e. The van der Waals surface area contributed by atoms with E-state index < -0.39 is 5.60 Å². The Balaban J connectivity index is 1.54. The topological polar surface area (TPSA) is 83.1 Å². The van der Waals surface area contributed by atoms with Crippen molar-refractivity contribution in [1.29, 1.82) is 0 Å². The normalized spacial score (nSPS) is 16.1. The van der Waals surface area contributed by atoms with Crippen molar-refractivity contribution in [3.63, 3.8) is 0 Å². The maximum Gasteiger partial charge on any atom is 0.410 e. The first-order valence-electron chi connectivity index (χ1n) is 6.99. The van der Waals surface area contributed by atoms with E-state index in [1.807, 2.05) is 20.8 Å². The Morgan fingerprint density at radius 3 is 2.90 bits per heavy atom. The molecule has 0 saturated carbocycles. The van der Waals surface area contributed by atoms with Crippen LogP contribution in [0.1, 0.15) is 33.0 Å². The lowest BCUT2D eigenvalue weighted by Crippen LogP contribution is -2.60. The molecule has 112 valence electrons. The number of aryl methyl sites for hydroxylation is 1. The van der Waals surface area contributed by atoms with E-state index in [1.54, 1.807) is 4.90 Å². The summed E-state index contributed by atoms with van der Waals surface area (Å²) in [6.45, 7) is 7.99. The number of aromatic nitrogens is 3. The van der Waals surface area contributed by atoms with Crippen LogP contribution in [-0.4, -0.2) is 57.5 Å². The number of rotatable bonds is 5. The Hall–Kier alpha value is -1.63. The van der Waals surface area contributed by atoms with Gasteiger partial charge in [-0.25, -0.2) is 9.78 Å². The number of carbonyl (C=O) groups excluding carboxylic acids is 1. The average Bonchev–Trinajstić information content (AvgIpc) is 2.76. The zero-order valence-electron chi connectivity index (χ0n) is 12.3. The molecule has 1 aliphatic heterocycles. The van der Waals surface area contributed by atoms with Crippen molar-refractivity contribution < 1.29 is 9.53 Å². The quantitative estimate of drug-likeness (QED) is 0.785. The third-order valence-corrected chi connectivity index (χ3v) is 3.02. The number of ether oxygens (including phenoxy) is 1. The van der Waals surface area contributed by atoms with Gasteiger partial charge in [-0.15, -0.1) is 0 Å². The van der Waals surface area contributed by atoms with Crippen molar-refractivity contribution >= 4 is 6.09 Å². The fourth-order valence-corrected chi connectivity index (χ4v) is 2.00. The van der Waals surface area contributed by atoms with Crippen molar-refractivity contribution in [3.8, 4) is 0 Å². The van der Waals surface area contributed by atoms with Crippen LogP contribution in [0.4, 0.5) is 4.79 Å². The Bertz CT molecular complexity index is 420. The van der Waals surface area contributed by atoms with Gasteiger partial charge < -0.3 is 15.0 Å². The first-order valence-corrected chi connectivity index (χ1v) is 6.99. The number of H-pyrrole nitrogens is 1. The Labute approximate surface area is 119 Å². The van der Waals surface area contributed by atoms with E-state index in [4.69, 9.17) is 4.74 Å². The summed E-state index contributed by atoms with van der Waals surface area (Å²) in [6.07, 6.45) is 3.18. The van der Waals surface area contributed by atoms with Crippen molar-refractivity contribution in [2.24, 2.45) is 0 Å². The van der Waals surface area contributed by atoms with Crippen LogP contribution in [0.2, 0.25) is 0 Å². The molecular weight excluding hydrogens is 258 g/mol. The summed E-state index contributed by atoms with van der Waals surface area (Å²) in [5.74, 6) is 0.913. The molecule has 20 heavy (non-hydrogen) atoms. The van der Waals surface area contributed by atoms with Gasteiger partial charge in [-0.1, -0.05) is 0 Å². The fourth-order valence-electron chi connectivity index (χ4n) is 2.00. The third kappa shape index (κ3) is 4.48. The Kier molecular flexibility index (Phi) is 4.59. The monoisotopic (exact) mass is 281 g/mol. The van der Waals surface area contributed by atoms with E-state index in [9.17, 15) is 4.79 Å². The first kappa shape index (κ1) is 14.8. The summed E-state index contributed by atoms with van der Waals surface area (Å²) >= 11 is 0. The number of hydrogen-bond acceptors (Lipinski definition) is 5. The molecule has 0 unspecified atom stereocenters. The maximum absolute atomic E-state index is 11.7. The molecule has 0 radical (unpaired) electrons. The standard InChI is InChI=1S/C13H23N5O2/c1-13(2,3)20-12(19)18-7-10(8-18)14-6-4-5-11-15-9-16-17-11/h9-10,14H,4-8H2,1-3H3,(H,15,16,17). The van der Waals surface area contributed by atoms with Crippen molar-refractivity contribution in [3.05, 3.63) is 12.2 Å². The van der Waals surface area contributed by atoms with Crippen LogP contribution < -0.4 is 5.32 Å². The molecule has 2 N–H and O–H groups in total. The minimum atomic E-state index is -0.424. The van der Waals surface area contributed by atoms with Crippen LogP contribution in [0.25, 0.3) is 0 Å². The van der Waals surface area contributed by atoms with Crippen LogP contribution in [0.3, 0.4) is 0 Å². The van der Waals surface area contributed by atoms with Crippen molar-refractivity contribution in [1.82, 2.24) is 25.4 Å². The van der Waals surface area contributed by atoms with Gasteiger partial charge in [0.2, 0.25) is 0 Å². The van der Waals surface area contributed by atoms with Crippen LogP contribution in [0, 0.1) is 0 Å². The molecule has 7 nitrogen and oxygen atoms in total. The molecule has 1 aromatic heterocycles. The fraction of sp³-hybridized carbons (Fsp3) is 0.769. The lowest BCUT2D eigenvalue weighted by molar-refractivity contribution is 0.00537. The zero-order chi connectivity index (χ0) is 14.6. The molecule has 1 aliphatic rings. The number of amides is 1. The minimum absolute atomic E-state index is 0.225. The van der Waals surface area contributed by atoms with E-state index in [0.29, 0.717) is 6.04 Å². The predicted molar refractivity (Wildman–Crippen MR) is 74.3 cm³/mol. The molecule has 1 saturated heterocycles. The average molecular weight is 281 g/mol. The van der Waals surface area contributed by atoms with Crippen molar-refractivity contribution in [2.75, 3.05) is 19.6 Å². The molecular formula is C13H23N5O2. The number of hydrogen-bond donors (Lipinski definition) is 2. The van der Waals surface area contributed by atoms with Gasteiger partial charge in [0.05, 0.1) is 0 Å². The second kappa shape index (κ2) is 6.21. The van der Waals surface area contributed by atoms with Gasteiger partial charge in [0.25, 0.3) is 0 Å². The van der Waals surface area contributed by atoms with Gasteiger partial charge in [-0.05, 0) is 33.7 Å². The van der Waals surface area contributed by atoms with Crippen LogP contribution >= 0.6 is 0 Å². The highest BCUT2D eigenvalue weighted by Crippen LogP contribution is 2.15. The molecule has 0 aromatic carbocycles. The number of nitrogens with zero attached hydrogens (tertiary/aromatic N) is 3. The molecule has 2 heterocycles. The highest BCUT2D eigenvalue weighted by atomic mass is 16.6. The largest absolute Gasteiger partial charge is 0.444 e. The van der Waals surface area contributed by atoms with E-state index in [-0.39, 0.29) is 6.09 Å². The van der Waals surface area contributed by atoms with E-state index in [0.717, 1.165) is 38.3 Å². The van der Waals surface area contributed by atoms with Crippen LogP contribution in [0.15, 0.2) is 6.33 Å². The first-order chi connectivity index (χ1) is 9.44. The highest BCUT2D eigenvalue weighted by Gasteiger charge is 2.33. The SMILES string of the molecule is CC(C)(C)OC(=O)N1CC(NCCCc2ncn[nH]2)C1. The van der Waals surface area contributed by atoms with E-state index in [1.165, 1.54) is 6.33 Å². The molecule has 7 heteroatoms. The van der Waals surface area contributed by atoms with E-state index >= 15 is 0 Å². The lowest BCUT2D eigenvalue weighted by atomic mass is 10.1. The molecule has 0 spiro atoms. The van der Waals surface area contributed by atoms with Crippen LogP contribution in [0.5, 0.6) is 0 Å². The number of likely N-dealkylation sites (tertiary alicyclic amines) is 1. The number of aromatic amines is 1. The molecule has 0 atom stereocenters. The second-order valence-corrected chi connectivity index (χ2v) is 6.07. The molecule has 0 bridgehead atoms. The van der Waals surface area contributed by atoms with Crippen LogP contribution in [-0.2, 0) is 11.2 Å². The summed E-state index contributed by atoms with van der Waals surface area (Å²) in [5.41, 5.74) is -0.424. The number of carbonyl (C=O) groups is 1. The summed E-state index contributed by atoms with van der Waals surface area (Å²) in [7, 11) is 0. The molecule has 1 fully saturated rings. The maximum atomic E-state index is 11.7. The van der Waals surface area contributed by atoms with Crippen molar-refractivity contribution in [2.45, 2.75) is 45.3 Å². The predicted octanol–water partition coefficient (Wildman–Crippen LogP) is 0.946. The van der Waals surface area contributed by atoms with Gasteiger partial charge in [0.15, 0.2) is 0 Å². The second-order valence-electron chi connectivity index (χ2n) is 6.07. The smallest absolute Gasteiger partial charge is 0.410 e. The summed E-state index contributed by atoms with van der Waals surface area (Å²) in [4.78, 5) is 17.5. The van der Waals surface area contributed by atoms with Gasteiger partial charge >= 0.3 is 6.09 Å². The summed E-state index contributed by atoms with van der Waals surface area (Å²) in [5, 5.41) is 10.1. The lowest BCUT2D eigenvalue weighted by Gasteiger charge is -2.40. The van der Waals surface area contributed by atoms with Gasteiger partial charge in [0.1, 0.15) is 17.8 Å². The highest BCUT2D eigenvalue weighted by molar-refractivity contribution is 5.69. The molecule has 1 amide bonds. The molecule has 2 rings (SSSR count). The van der Waals surface area contributed by atoms with Gasteiger partial charge in [-0.3, -0.25) is 5.10 Å². The molecule has 0 aliphatic carbocycles. The van der Waals surface area contributed by atoms with Gasteiger partial charge in [-0.2, -0.15) is 5.10 Å². The van der Waals surface area contributed by atoms with E-state index in [2.05, 4.69) is 20.5 Å². The number of nitrogens with one attached hydrogen (secondary N) is 2.